The van der Waals surface area contributed by atoms with Crippen LogP contribution < -0.4 is 5.73 Å². The van der Waals surface area contributed by atoms with Gasteiger partial charge < -0.3 is 15.5 Å². The van der Waals surface area contributed by atoms with E-state index < -0.39 is 0 Å². The Hall–Kier alpha value is -0.610. The molecule has 0 aromatic rings. The standard InChI is InChI=1S/C11H23N3O/c1-11(15)14-8-4-7-13(9-10-14)6-3-2-5-12/h2-10,12H2,1H3. The lowest BCUT2D eigenvalue weighted by atomic mass is 10.3. The highest BCUT2D eigenvalue weighted by molar-refractivity contribution is 5.73. The Bertz CT molecular complexity index is 196. The Morgan fingerprint density at radius 2 is 2.00 bits per heavy atom. The van der Waals surface area contributed by atoms with Crippen LogP contribution >= 0.6 is 0 Å². The van der Waals surface area contributed by atoms with Crippen LogP contribution in [0, 0.1) is 0 Å². The zero-order valence-corrected chi connectivity index (χ0v) is 9.74. The predicted molar refractivity (Wildman–Crippen MR) is 61.6 cm³/mol. The van der Waals surface area contributed by atoms with Crippen LogP contribution in [0.5, 0.6) is 0 Å². The summed E-state index contributed by atoms with van der Waals surface area (Å²) in [6, 6.07) is 0. The van der Waals surface area contributed by atoms with Crippen LogP contribution in [0.25, 0.3) is 0 Å². The molecule has 0 radical (unpaired) electrons. The van der Waals surface area contributed by atoms with Crippen molar-refractivity contribution in [2.75, 3.05) is 39.3 Å². The Labute approximate surface area is 92.4 Å². The van der Waals surface area contributed by atoms with Crippen molar-refractivity contribution in [3.05, 3.63) is 0 Å². The van der Waals surface area contributed by atoms with Gasteiger partial charge in [0.05, 0.1) is 0 Å². The maximum absolute atomic E-state index is 11.2. The van der Waals surface area contributed by atoms with Crippen LogP contribution in [0.3, 0.4) is 0 Å². The van der Waals surface area contributed by atoms with Gasteiger partial charge in [0, 0.05) is 26.6 Å². The van der Waals surface area contributed by atoms with Crippen LogP contribution in [-0.2, 0) is 4.79 Å². The number of carbonyl (C=O) groups excluding carboxylic acids is 1. The first kappa shape index (κ1) is 12.5. The fourth-order valence-corrected chi connectivity index (χ4v) is 1.99. The van der Waals surface area contributed by atoms with E-state index in [1.54, 1.807) is 6.92 Å². The normalized spacial score (nSPS) is 18.9. The van der Waals surface area contributed by atoms with Crippen LogP contribution in [0.4, 0.5) is 0 Å². The van der Waals surface area contributed by atoms with Crippen molar-refractivity contribution in [3.8, 4) is 0 Å². The van der Waals surface area contributed by atoms with Gasteiger partial charge in [0.15, 0.2) is 0 Å². The van der Waals surface area contributed by atoms with E-state index in [1.165, 1.54) is 6.42 Å². The zero-order chi connectivity index (χ0) is 11.1. The third kappa shape index (κ3) is 4.62. The number of hydrogen-bond donors (Lipinski definition) is 1. The second-order valence-corrected chi connectivity index (χ2v) is 4.20. The van der Waals surface area contributed by atoms with Gasteiger partial charge in [-0.2, -0.15) is 0 Å². The van der Waals surface area contributed by atoms with Crippen LogP contribution in [0.2, 0.25) is 0 Å². The Morgan fingerprint density at radius 1 is 1.20 bits per heavy atom. The summed E-state index contributed by atoms with van der Waals surface area (Å²) in [6.45, 7) is 7.51. The van der Waals surface area contributed by atoms with Gasteiger partial charge in [-0.25, -0.2) is 0 Å². The lowest BCUT2D eigenvalue weighted by Gasteiger charge is -2.20. The molecule has 15 heavy (non-hydrogen) atoms. The fourth-order valence-electron chi connectivity index (χ4n) is 1.99. The van der Waals surface area contributed by atoms with E-state index in [4.69, 9.17) is 5.73 Å². The molecule has 0 aliphatic carbocycles. The number of amides is 1. The summed E-state index contributed by atoms with van der Waals surface area (Å²) in [5, 5.41) is 0. The van der Waals surface area contributed by atoms with Crippen molar-refractivity contribution in [2.45, 2.75) is 26.2 Å². The number of hydrogen-bond acceptors (Lipinski definition) is 3. The van der Waals surface area contributed by atoms with Crippen LogP contribution in [-0.4, -0.2) is 55.0 Å². The first-order valence-electron chi connectivity index (χ1n) is 5.92. The van der Waals surface area contributed by atoms with Gasteiger partial charge in [0.25, 0.3) is 0 Å². The van der Waals surface area contributed by atoms with Crippen molar-refractivity contribution in [3.63, 3.8) is 0 Å². The van der Waals surface area contributed by atoms with Crippen LogP contribution in [0.1, 0.15) is 26.2 Å². The van der Waals surface area contributed by atoms with Crippen molar-refractivity contribution in [2.24, 2.45) is 5.73 Å². The predicted octanol–water partition coefficient (Wildman–Crippen LogP) is 0.280. The van der Waals surface area contributed by atoms with Gasteiger partial charge in [0.1, 0.15) is 0 Å². The molecule has 1 saturated heterocycles. The van der Waals surface area contributed by atoms with Gasteiger partial charge in [0.2, 0.25) is 5.91 Å². The molecule has 88 valence electrons. The second-order valence-electron chi connectivity index (χ2n) is 4.20. The maximum atomic E-state index is 11.2. The minimum Gasteiger partial charge on any atom is -0.342 e. The van der Waals surface area contributed by atoms with Gasteiger partial charge in [-0.3, -0.25) is 4.79 Å². The van der Waals surface area contributed by atoms with Gasteiger partial charge in [-0.15, -0.1) is 0 Å². The number of nitrogens with two attached hydrogens (primary N) is 1. The highest BCUT2D eigenvalue weighted by Crippen LogP contribution is 2.04. The molecule has 1 heterocycles. The van der Waals surface area contributed by atoms with Gasteiger partial charge in [-0.1, -0.05) is 0 Å². The molecule has 0 saturated carbocycles. The highest BCUT2D eigenvalue weighted by Gasteiger charge is 2.15. The molecule has 0 unspecified atom stereocenters. The Morgan fingerprint density at radius 3 is 2.67 bits per heavy atom. The summed E-state index contributed by atoms with van der Waals surface area (Å²) in [4.78, 5) is 15.6. The molecule has 1 amide bonds. The van der Waals surface area contributed by atoms with Crippen molar-refractivity contribution < 1.29 is 4.79 Å². The lowest BCUT2D eigenvalue weighted by Crippen LogP contribution is -2.34. The summed E-state index contributed by atoms with van der Waals surface area (Å²) in [6.07, 6.45) is 3.38. The molecule has 1 rings (SSSR count). The molecular weight excluding hydrogens is 190 g/mol. The average molecular weight is 213 g/mol. The molecule has 0 spiro atoms. The highest BCUT2D eigenvalue weighted by atomic mass is 16.2. The van der Waals surface area contributed by atoms with Gasteiger partial charge in [-0.05, 0) is 38.9 Å². The number of rotatable bonds is 4. The summed E-state index contributed by atoms with van der Waals surface area (Å²) >= 11 is 0. The van der Waals surface area contributed by atoms with Crippen LogP contribution in [0.15, 0.2) is 0 Å². The Kier molecular flexibility index (Phi) is 5.65. The SMILES string of the molecule is CC(=O)N1CCCN(CCCCN)CC1. The van der Waals surface area contributed by atoms with Crippen molar-refractivity contribution in [1.29, 1.82) is 0 Å². The first-order chi connectivity index (χ1) is 7.24. The molecule has 1 fully saturated rings. The molecule has 1 aliphatic rings. The monoisotopic (exact) mass is 213 g/mol. The topological polar surface area (TPSA) is 49.6 Å². The smallest absolute Gasteiger partial charge is 0.219 e. The number of nitrogens with zero attached hydrogens (tertiary/aromatic N) is 2. The average Bonchev–Trinajstić information content (AvgIpc) is 2.44. The summed E-state index contributed by atoms with van der Waals surface area (Å²) < 4.78 is 0. The molecule has 0 bridgehead atoms. The second kappa shape index (κ2) is 6.80. The molecule has 0 atom stereocenters. The number of unbranched alkanes of at least 4 members (excludes halogenated alkanes) is 1. The molecule has 1 aliphatic heterocycles. The molecule has 2 N–H and O–H groups in total. The van der Waals surface area contributed by atoms with Gasteiger partial charge >= 0.3 is 0 Å². The fraction of sp³-hybridized carbons (Fsp3) is 0.909. The third-order valence-electron chi connectivity index (χ3n) is 2.96. The first-order valence-corrected chi connectivity index (χ1v) is 5.92. The summed E-state index contributed by atoms with van der Waals surface area (Å²) in [5.74, 6) is 0.207. The van der Waals surface area contributed by atoms with E-state index in [0.717, 1.165) is 52.1 Å². The summed E-state index contributed by atoms with van der Waals surface area (Å²) in [5.41, 5.74) is 5.47. The largest absolute Gasteiger partial charge is 0.342 e. The minimum atomic E-state index is 0.207. The minimum absolute atomic E-state index is 0.207. The third-order valence-corrected chi connectivity index (χ3v) is 2.96. The molecule has 0 aromatic heterocycles. The van der Waals surface area contributed by atoms with E-state index in [-0.39, 0.29) is 5.91 Å². The molecular formula is C11H23N3O. The zero-order valence-electron chi connectivity index (χ0n) is 9.74. The molecule has 0 aromatic carbocycles. The summed E-state index contributed by atoms with van der Waals surface area (Å²) in [7, 11) is 0. The van der Waals surface area contributed by atoms with Crippen molar-refractivity contribution in [1.82, 2.24) is 9.80 Å². The Balaban J connectivity index is 2.23. The van der Waals surface area contributed by atoms with E-state index in [0.29, 0.717) is 0 Å². The lowest BCUT2D eigenvalue weighted by molar-refractivity contribution is -0.128. The molecule has 4 nitrogen and oxygen atoms in total. The number of carbonyl (C=O) groups is 1. The van der Waals surface area contributed by atoms with E-state index >= 15 is 0 Å². The van der Waals surface area contributed by atoms with E-state index in [2.05, 4.69) is 4.90 Å². The van der Waals surface area contributed by atoms with Crippen molar-refractivity contribution >= 4 is 5.91 Å². The quantitative estimate of drug-likeness (QED) is 0.682. The van der Waals surface area contributed by atoms with E-state index in [9.17, 15) is 4.79 Å². The van der Waals surface area contributed by atoms with E-state index in [1.807, 2.05) is 4.90 Å². The maximum Gasteiger partial charge on any atom is 0.219 e. The molecule has 4 heteroatoms.